The summed E-state index contributed by atoms with van der Waals surface area (Å²) in [7, 11) is 0. The highest BCUT2D eigenvalue weighted by Gasteiger charge is 2.19. The molecule has 34 heavy (non-hydrogen) atoms. The van der Waals surface area contributed by atoms with E-state index in [1.165, 1.54) is 11.8 Å². The van der Waals surface area contributed by atoms with Crippen LogP contribution in [0.4, 0.5) is 17.3 Å². The van der Waals surface area contributed by atoms with E-state index < -0.39 is 0 Å². The number of nitrogens with zero attached hydrogens (tertiary/aromatic N) is 3. The minimum absolute atomic E-state index is 0.240. The quantitative estimate of drug-likeness (QED) is 0.193. The Morgan fingerprint density at radius 2 is 1.79 bits per heavy atom. The number of anilines is 3. The summed E-state index contributed by atoms with van der Waals surface area (Å²) in [6, 6.07) is 14.2. The second-order valence-electron chi connectivity index (χ2n) is 7.45. The average Bonchev–Trinajstić information content (AvgIpc) is 2.74. The fourth-order valence-corrected chi connectivity index (χ4v) is 4.53. The molecule has 0 unspecified atom stereocenters. The van der Waals surface area contributed by atoms with Gasteiger partial charge in [-0.25, -0.2) is 9.97 Å². The van der Waals surface area contributed by atoms with Crippen LogP contribution in [0.25, 0.3) is 0 Å². The molecule has 1 aliphatic heterocycles. The maximum Gasteiger partial charge on any atom is 0.258 e. The molecule has 2 heterocycles. The predicted octanol–water partition coefficient (Wildman–Crippen LogP) is 6.36. The van der Waals surface area contributed by atoms with Crippen LogP contribution in [0.1, 0.15) is 23.7 Å². The van der Waals surface area contributed by atoms with E-state index >= 15 is 0 Å². The van der Waals surface area contributed by atoms with E-state index in [0.29, 0.717) is 26.7 Å². The van der Waals surface area contributed by atoms with Crippen molar-refractivity contribution in [2.24, 2.45) is 0 Å². The van der Waals surface area contributed by atoms with Gasteiger partial charge in [0.1, 0.15) is 17.5 Å². The molecule has 0 radical (unpaired) electrons. The second-order valence-corrected chi connectivity index (χ2v) is 9.31. The number of benzene rings is 2. The maximum absolute atomic E-state index is 12.6. The van der Waals surface area contributed by atoms with Gasteiger partial charge in [-0.2, -0.15) is 0 Å². The van der Waals surface area contributed by atoms with Crippen molar-refractivity contribution >= 4 is 64.0 Å². The normalized spacial score (nSPS) is 13.0. The van der Waals surface area contributed by atoms with Crippen molar-refractivity contribution in [3.63, 3.8) is 0 Å². The number of aromatic nitrogens is 2. The summed E-state index contributed by atoms with van der Waals surface area (Å²) in [5, 5.41) is 15.0. The zero-order chi connectivity index (χ0) is 24.1. The van der Waals surface area contributed by atoms with Crippen molar-refractivity contribution in [3.05, 3.63) is 76.3 Å². The fraction of sp³-hybridized carbons (Fsp3) is 0.167. The first-order valence-electron chi connectivity index (χ1n) is 10.6. The summed E-state index contributed by atoms with van der Waals surface area (Å²) in [4.78, 5) is 24.9. The van der Waals surface area contributed by atoms with Gasteiger partial charge in [0.15, 0.2) is 5.16 Å². The van der Waals surface area contributed by atoms with Crippen molar-refractivity contribution in [1.82, 2.24) is 9.97 Å². The summed E-state index contributed by atoms with van der Waals surface area (Å²) >= 11 is 13.7. The van der Waals surface area contributed by atoms with E-state index in [0.717, 1.165) is 30.2 Å². The number of amides is 1. The van der Waals surface area contributed by atoms with E-state index in [-0.39, 0.29) is 17.3 Å². The minimum Gasteiger partial charge on any atom is -0.356 e. The van der Waals surface area contributed by atoms with Crippen LogP contribution in [-0.4, -0.2) is 34.8 Å². The Kier molecular flexibility index (Phi) is 7.72. The molecule has 10 heteroatoms. The minimum atomic E-state index is -0.374. The monoisotopic (exact) mass is 512 g/mol. The molecule has 0 saturated carbocycles. The van der Waals surface area contributed by atoms with Crippen molar-refractivity contribution in [2.45, 2.75) is 23.4 Å². The van der Waals surface area contributed by atoms with Crippen LogP contribution in [0.2, 0.25) is 10.0 Å². The molecule has 7 nitrogen and oxygen atoms in total. The maximum atomic E-state index is 12.6. The number of allylic oxidation sites excluding steroid dienone is 1. The highest BCUT2D eigenvalue weighted by molar-refractivity contribution is 7.99. The number of carbonyl (C=O) groups excluding carboxylic acids is 1. The molecule has 1 amide bonds. The SMILES string of the molecule is C/C=C/C(=N)Nc1cc(N2CCC2)nc(Sc2ccc(NC(=O)c3c(Cl)cccc3Cl)cc2)n1. The number of nitrogens with one attached hydrogen (secondary N) is 3. The van der Waals surface area contributed by atoms with Gasteiger partial charge >= 0.3 is 0 Å². The van der Waals surface area contributed by atoms with E-state index in [1.807, 2.05) is 25.1 Å². The first kappa shape index (κ1) is 24.1. The molecule has 1 aliphatic rings. The van der Waals surface area contributed by atoms with Crippen molar-refractivity contribution in [1.29, 1.82) is 5.41 Å². The predicted molar refractivity (Wildman–Crippen MR) is 140 cm³/mol. The van der Waals surface area contributed by atoms with Crippen LogP contribution in [0.5, 0.6) is 0 Å². The third-order valence-corrected chi connectivity index (χ3v) is 6.48. The van der Waals surface area contributed by atoms with Crippen molar-refractivity contribution in [3.8, 4) is 0 Å². The lowest BCUT2D eigenvalue weighted by atomic mass is 10.2. The smallest absolute Gasteiger partial charge is 0.258 e. The van der Waals surface area contributed by atoms with E-state index in [1.54, 1.807) is 42.5 Å². The lowest BCUT2D eigenvalue weighted by Gasteiger charge is -2.32. The molecule has 174 valence electrons. The lowest BCUT2D eigenvalue weighted by Crippen LogP contribution is -2.37. The van der Waals surface area contributed by atoms with Crippen LogP contribution in [-0.2, 0) is 0 Å². The Balaban J connectivity index is 1.49. The fourth-order valence-electron chi connectivity index (χ4n) is 3.20. The van der Waals surface area contributed by atoms with Crippen molar-refractivity contribution in [2.75, 3.05) is 28.6 Å². The standard InChI is InChI=1S/C24H22Cl2N6OS/c1-2-5-19(27)29-20-14-21(32-12-4-13-32)31-24(30-20)34-16-10-8-15(9-11-16)28-23(33)22-17(25)6-3-7-18(22)26/h2-3,5-11,14H,4,12-13H2,1H3,(H,28,33)(H2,27,29,30,31)/b5-2+. The van der Waals surface area contributed by atoms with Gasteiger partial charge in [0.05, 0.1) is 15.6 Å². The summed E-state index contributed by atoms with van der Waals surface area (Å²) in [6.45, 7) is 3.77. The lowest BCUT2D eigenvalue weighted by molar-refractivity contribution is 0.102. The molecule has 1 saturated heterocycles. The summed E-state index contributed by atoms with van der Waals surface area (Å²) in [5.74, 6) is 1.29. The highest BCUT2D eigenvalue weighted by Crippen LogP contribution is 2.31. The third-order valence-electron chi connectivity index (χ3n) is 4.98. The second kappa shape index (κ2) is 10.9. The number of halogens is 2. The third kappa shape index (κ3) is 5.88. The van der Waals surface area contributed by atoms with Crippen LogP contribution >= 0.6 is 35.0 Å². The van der Waals surface area contributed by atoms with Gasteiger partial charge < -0.3 is 15.5 Å². The van der Waals surface area contributed by atoms with E-state index in [2.05, 4.69) is 25.5 Å². The van der Waals surface area contributed by atoms with Gasteiger partial charge in [-0.3, -0.25) is 10.2 Å². The molecular formula is C24H22Cl2N6OS. The Morgan fingerprint density at radius 1 is 1.09 bits per heavy atom. The molecule has 0 aliphatic carbocycles. The Bertz CT molecular complexity index is 1220. The van der Waals surface area contributed by atoms with Gasteiger partial charge in [-0.15, -0.1) is 0 Å². The van der Waals surface area contributed by atoms with Crippen molar-refractivity contribution < 1.29 is 4.79 Å². The molecule has 1 aromatic heterocycles. The van der Waals surface area contributed by atoms with Gasteiger partial charge in [0, 0.05) is 29.7 Å². The Labute approximate surface area is 212 Å². The highest BCUT2D eigenvalue weighted by atomic mass is 35.5. The van der Waals surface area contributed by atoms with Crippen LogP contribution in [0, 0.1) is 5.41 Å². The molecular weight excluding hydrogens is 491 g/mol. The summed E-state index contributed by atoms with van der Waals surface area (Å²) in [5.41, 5.74) is 0.853. The first-order valence-corrected chi connectivity index (χ1v) is 12.2. The van der Waals surface area contributed by atoms with Gasteiger partial charge in [0.25, 0.3) is 5.91 Å². The molecule has 1 fully saturated rings. The Morgan fingerprint density at radius 3 is 2.41 bits per heavy atom. The van der Waals surface area contributed by atoms with Gasteiger partial charge in [0.2, 0.25) is 0 Å². The average molecular weight is 513 g/mol. The summed E-state index contributed by atoms with van der Waals surface area (Å²) in [6.07, 6.45) is 4.60. The zero-order valence-corrected chi connectivity index (χ0v) is 20.6. The molecule has 4 rings (SSSR count). The topological polar surface area (TPSA) is 94.0 Å². The molecule has 0 spiro atoms. The molecule has 3 N–H and O–H groups in total. The van der Waals surface area contributed by atoms with Crippen LogP contribution < -0.4 is 15.5 Å². The number of amidine groups is 1. The molecule has 2 aromatic carbocycles. The van der Waals surface area contributed by atoms with Gasteiger partial charge in [-0.1, -0.05) is 35.3 Å². The number of hydrogen-bond acceptors (Lipinski definition) is 6. The van der Waals surface area contributed by atoms with E-state index in [4.69, 9.17) is 28.6 Å². The number of rotatable bonds is 7. The Hall–Kier alpha value is -3.07. The van der Waals surface area contributed by atoms with E-state index in [9.17, 15) is 4.79 Å². The molecule has 3 aromatic rings. The number of carbonyl (C=O) groups is 1. The zero-order valence-electron chi connectivity index (χ0n) is 18.3. The summed E-state index contributed by atoms with van der Waals surface area (Å²) < 4.78 is 0. The molecule has 0 atom stereocenters. The van der Waals surface area contributed by atoms with Crippen LogP contribution in [0.15, 0.2) is 70.7 Å². The largest absolute Gasteiger partial charge is 0.356 e. The van der Waals surface area contributed by atoms with Crippen LogP contribution in [0.3, 0.4) is 0 Å². The first-order chi connectivity index (χ1) is 16.4. The van der Waals surface area contributed by atoms with Gasteiger partial charge in [-0.05, 0) is 67.6 Å². The number of hydrogen-bond donors (Lipinski definition) is 3. The molecule has 0 bridgehead atoms.